The Morgan fingerprint density at radius 2 is 1.33 bits per heavy atom. The predicted octanol–water partition coefficient (Wildman–Crippen LogP) is -0.771. The Balaban J connectivity index is 5.01. The Hall–Kier alpha value is -1.92. The third-order valence-corrected chi connectivity index (χ3v) is 1.49. The molecular formula is C8H12N2O5. The van der Waals surface area contributed by atoms with Gasteiger partial charge in [-0.3, -0.25) is 19.2 Å². The van der Waals surface area contributed by atoms with E-state index in [4.69, 9.17) is 5.11 Å². The summed E-state index contributed by atoms with van der Waals surface area (Å²) in [7, 11) is 0. The first-order chi connectivity index (χ1) is 6.77. The van der Waals surface area contributed by atoms with Gasteiger partial charge in [0.05, 0.1) is 0 Å². The average Bonchev–Trinajstić information content (AvgIpc) is 2.00. The van der Waals surface area contributed by atoms with Crippen LogP contribution < -0.4 is 0 Å². The van der Waals surface area contributed by atoms with E-state index in [2.05, 4.69) is 0 Å². The molecule has 0 heterocycles. The molecule has 84 valence electrons. The number of carboxylic acid groups (broad SMARTS) is 1. The second-order valence-electron chi connectivity index (χ2n) is 2.82. The first-order valence-corrected chi connectivity index (χ1v) is 4.08. The summed E-state index contributed by atoms with van der Waals surface area (Å²) in [5.41, 5.74) is 0. The fourth-order valence-corrected chi connectivity index (χ4v) is 1.01. The summed E-state index contributed by atoms with van der Waals surface area (Å²) in [5.74, 6) is -3.42. The number of carbonyl (C=O) groups excluding carboxylic acids is 3. The van der Waals surface area contributed by atoms with Gasteiger partial charge in [0.15, 0.2) is 0 Å². The molecule has 0 aliphatic carbocycles. The number of hydrogen-bond acceptors (Lipinski definition) is 4. The molecule has 0 aromatic carbocycles. The highest BCUT2D eigenvalue weighted by atomic mass is 16.4. The van der Waals surface area contributed by atoms with Crippen LogP contribution in [0.2, 0.25) is 0 Å². The number of carbonyl (C=O) groups is 4. The number of aliphatic carboxylic acids is 1. The van der Waals surface area contributed by atoms with Crippen LogP contribution in [0, 0.1) is 0 Å². The molecule has 0 aromatic heterocycles. The van der Waals surface area contributed by atoms with Gasteiger partial charge >= 0.3 is 5.97 Å². The van der Waals surface area contributed by atoms with E-state index < -0.39 is 30.2 Å². The molecule has 0 saturated carbocycles. The van der Waals surface area contributed by atoms with E-state index in [0.29, 0.717) is 10.0 Å². The molecule has 0 rings (SSSR count). The summed E-state index contributed by atoms with van der Waals surface area (Å²) in [5, 5.41) is 9.57. The third-order valence-electron chi connectivity index (χ3n) is 1.49. The molecule has 0 aromatic rings. The summed E-state index contributed by atoms with van der Waals surface area (Å²) in [6, 6.07) is 0. The van der Waals surface area contributed by atoms with Crippen LogP contribution in [0.3, 0.4) is 0 Å². The Morgan fingerprint density at radius 3 is 1.53 bits per heavy atom. The van der Waals surface area contributed by atoms with Crippen molar-refractivity contribution in [3.63, 3.8) is 0 Å². The zero-order chi connectivity index (χ0) is 12.2. The monoisotopic (exact) mass is 216 g/mol. The highest BCUT2D eigenvalue weighted by Crippen LogP contribution is 2.00. The second kappa shape index (κ2) is 5.08. The SMILES string of the molecule is CC(=O)N(CC(=O)O)N(C(C)=O)C(C)=O. The number of imide groups is 1. The maximum atomic E-state index is 11.0. The maximum Gasteiger partial charge on any atom is 0.325 e. The van der Waals surface area contributed by atoms with Crippen molar-refractivity contribution in [1.29, 1.82) is 0 Å². The molecule has 0 bridgehead atoms. The molecule has 0 aliphatic heterocycles. The summed E-state index contributed by atoms with van der Waals surface area (Å²) in [4.78, 5) is 43.5. The van der Waals surface area contributed by atoms with Crippen LogP contribution in [0.5, 0.6) is 0 Å². The first kappa shape index (κ1) is 13.1. The zero-order valence-electron chi connectivity index (χ0n) is 8.68. The number of nitrogens with zero attached hydrogens (tertiary/aromatic N) is 2. The van der Waals surface area contributed by atoms with Gasteiger partial charge in [-0.15, -0.1) is 0 Å². The number of hydrazine groups is 1. The topological polar surface area (TPSA) is 95.0 Å². The predicted molar refractivity (Wildman–Crippen MR) is 48.2 cm³/mol. The van der Waals surface area contributed by atoms with Crippen molar-refractivity contribution in [3.05, 3.63) is 0 Å². The van der Waals surface area contributed by atoms with Crippen molar-refractivity contribution in [2.45, 2.75) is 20.8 Å². The largest absolute Gasteiger partial charge is 0.480 e. The molecule has 3 amide bonds. The minimum absolute atomic E-state index is 0.496. The molecular weight excluding hydrogens is 204 g/mol. The van der Waals surface area contributed by atoms with Crippen molar-refractivity contribution < 1.29 is 24.3 Å². The van der Waals surface area contributed by atoms with Crippen molar-refractivity contribution in [2.24, 2.45) is 0 Å². The van der Waals surface area contributed by atoms with Gasteiger partial charge in [0.1, 0.15) is 6.54 Å². The van der Waals surface area contributed by atoms with Crippen LogP contribution in [-0.2, 0) is 19.2 Å². The number of carboxylic acids is 1. The lowest BCUT2D eigenvalue weighted by atomic mass is 10.5. The molecule has 0 unspecified atom stereocenters. The van der Waals surface area contributed by atoms with Gasteiger partial charge in [-0.05, 0) is 0 Å². The number of amides is 3. The van der Waals surface area contributed by atoms with Crippen molar-refractivity contribution in [1.82, 2.24) is 10.0 Å². The first-order valence-electron chi connectivity index (χ1n) is 4.08. The minimum Gasteiger partial charge on any atom is -0.480 e. The lowest BCUT2D eigenvalue weighted by molar-refractivity contribution is -0.173. The van der Waals surface area contributed by atoms with E-state index in [-0.39, 0.29) is 0 Å². The van der Waals surface area contributed by atoms with Crippen LogP contribution in [0.25, 0.3) is 0 Å². The summed E-state index contributed by atoms with van der Waals surface area (Å²) in [6.45, 7) is 2.48. The normalized spacial score (nSPS) is 9.27. The highest BCUT2D eigenvalue weighted by Gasteiger charge is 2.26. The quantitative estimate of drug-likeness (QED) is 0.611. The minimum atomic E-state index is -1.31. The fourth-order valence-electron chi connectivity index (χ4n) is 1.01. The Kier molecular flexibility index (Phi) is 4.43. The standard InChI is InChI=1S/C8H12N2O5/c1-5(11)9(4-8(14)15)10(6(2)12)7(3)13/h4H2,1-3H3,(H,14,15). The van der Waals surface area contributed by atoms with E-state index in [0.717, 1.165) is 20.8 Å². The maximum absolute atomic E-state index is 11.0. The average molecular weight is 216 g/mol. The molecule has 7 heteroatoms. The lowest BCUT2D eigenvalue weighted by Crippen LogP contribution is -2.52. The summed E-state index contributed by atoms with van der Waals surface area (Å²) < 4.78 is 0. The van der Waals surface area contributed by atoms with E-state index in [1.165, 1.54) is 0 Å². The molecule has 15 heavy (non-hydrogen) atoms. The molecule has 0 spiro atoms. The van der Waals surface area contributed by atoms with E-state index >= 15 is 0 Å². The van der Waals surface area contributed by atoms with Gasteiger partial charge in [-0.1, -0.05) is 0 Å². The van der Waals surface area contributed by atoms with Crippen molar-refractivity contribution >= 4 is 23.7 Å². The van der Waals surface area contributed by atoms with Gasteiger partial charge in [-0.25, -0.2) is 5.01 Å². The number of hydrogen-bond donors (Lipinski definition) is 1. The number of rotatable bonds is 2. The smallest absolute Gasteiger partial charge is 0.325 e. The van der Waals surface area contributed by atoms with E-state index in [1.54, 1.807) is 0 Å². The zero-order valence-corrected chi connectivity index (χ0v) is 8.68. The fraction of sp³-hybridized carbons (Fsp3) is 0.500. The Bertz CT molecular complexity index is 298. The van der Waals surface area contributed by atoms with Crippen LogP contribution >= 0.6 is 0 Å². The molecule has 0 atom stereocenters. The Labute approximate surface area is 86.2 Å². The molecule has 0 radical (unpaired) electrons. The van der Waals surface area contributed by atoms with Gasteiger partial charge in [0.25, 0.3) is 0 Å². The van der Waals surface area contributed by atoms with Gasteiger partial charge in [0.2, 0.25) is 17.7 Å². The highest BCUT2D eigenvalue weighted by molar-refractivity contribution is 5.95. The van der Waals surface area contributed by atoms with Gasteiger partial charge in [0, 0.05) is 20.8 Å². The van der Waals surface area contributed by atoms with Crippen LogP contribution in [-0.4, -0.2) is 45.4 Å². The summed E-state index contributed by atoms with van der Waals surface area (Å²) in [6.07, 6.45) is 0. The van der Waals surface area contributed by atoms with E-state index in [9.17, 15) is 19.2 Å². The molecule has 0 fully saturated rings. The molecule has 1 N–H and O–H groups in total. The second-order valence-corrected chi connectivity index (χ2v) is 2.82. The van der Waals surface area contributed by atoms with Crippen LogP contribution in [0.15, 0.2) is 0 Å². The molecule has 0 aliphatic rings. The lowest BCUT2D eigenvalue weighted by Gasteiger charge is -2.29. The molecule has 0 saturated heterocycles. The molecule has 7 nitrogen and oxygen atoms in total. The van der Waals surface area contributed by atoms with Crippen LogP contribution in [0.4, 0.5) is 0 Å². The Morgan fingerprint density at radius 1 is 0.933 bits per heavy atom. The summed E-state index contributed by atoms with van der Waals surface area (Å²) >= 11 is 0. The third kappa shape index (κ3) is 3.75. The van der Waals surface area contributed by atoms with Crippen LogP contribution in [0.1, 0.15) is 20.8 Å². The van der Waals surface area contributed by atoms with Crippen molar-refractivity contribution in [3.8, 4) is 0 Å². The van der Waals surface area contributed by atoms with Gasteiger partial charge < -0.3 is 5.11 Å². The van der Waals surface area contributed by atoms with Crippen molar-refractivity contribution in [2.75, 3.05) is 6.54 Å². The van der Waals surface area contributed by atoms with Gasteiger partial charge in [-0.2, -0.15) is 5.01 Å². The van der Waals surface area contributed by atoms with E-state index in [1.807, 2.05) is 0 Å².